The van der Waals surface area contributed by atoms with E-state index in [-0.39, 0.29) is 18.0 Å². The molecule has 2 atom stereocenters. The number of benzene rings is 1. The monoisotopic (exact) mass is 402 g/mol. The van der Waals surface area contributed by atoms with Crippen LogP contribution >= 0.6 is 0 Å². The highest BCUT2D eigenvalue weighted by Gasteiger charge is 2.31. The van der Waals surface area contributed by atoms with E-state index >= 15 is 0 Å². The van der Waals surface area contributed by atoms with Gasteiger partial charge in [-0.05, 0) is 69.7 Å². The highest BCUT2D eigenvalue weighted by atomic mass is 16.3. The molecule has 2 aromatic rings. The Morgan fingerprint density at radius 3 is 2.62 bits per heavy atom. The molecule has 4 N–H and O–H groups in total. The molecule has 0 radical (unpaired) electrons. The number of imide groups is 1. The lowest BCUT2D eigenvalue weighted by Crippen LogP contribution is -2.44. The first-order chi connectivity index (χ1) is 13.7. The molecule has 0 saturated carbocycles. The third kappa shape index (κ3) is 4.59. The van der Waals surface area contributed by atoms with E-state index < -0.39 is 17.6 Å². The van der Waals surface area contributed by atoms with E-state index in [1.54, 1.807) is 11.6 Å². The number of carbonyl (C=O) groups excluding carboxylic acids is 2. The highest BCUT2D eigenvalue weighted by Crippen LogP contribution is 2.25. The summed E-state index contributed by atoms with van der Waals surface area (Å²) in [6.07, 6.45) is 4.32. The number of nitrogens with zero attached hydrogens (tertiary/aromatic N) is 2. The summed E-state index contributed by atoms with van der Waals surface area (Å²) >= 11 is 0. The molecule has 8 nitrogen and oxygen atoms in total. The Labute approximate surface area is 169 Å². The van der Waals surface area contributed by atoms with Crippen LogP contribution in [0.15, 0.2) is 23.0 Å². The first kappa shape index (κ1) is 21.3. The summed E-state index contributed by atoms with van der Waals surface area (Å²) < 4.78 is 3.03. The number of nitrogens with one attached hydrogen (secondary N) is 1. The van der Waals surface area contributed by atoms with Crippen LogP contribution in [0.4, 0.5) is 0 Å². The van der Waals surface area contributed by atoms with Crippen molar-refractivity contribution in [2.45, 2.75) is 63.5 Å². The van der Waals surface area contributed by atoms with E-state index in [0.717, 1.165) is 30.3 Å². The third-order valence-electron chi connectivity index (χ3n) is 5.78. The van der Waals surface area contributed by atoms with Crippen molar-refractivity contribution < 1.29 is 14.7 Å². The van der Waals surface area contributed by atoms with Gasteiger partial charge in [-0.3, -0.25) is 24.0 Å². The van der Waals surface area contributed by atoms with Gasteiger partial charge in [-0.15, -0.1) is 0 Å². The Kier molecular flexibility index (Phi) is 6.24. The number of aryl methyl sites for hydroxylation is 2. The van der Waals surface area contributed by atoms with Crippen molar-refractivity contribution in [3.8, 4) is 0 Å². The Morgan fingerprint density at radius 1 is 1.21 bits per heavy atom. The number of carbonyl (C=O) groups is 2. The maximum absolute atomic E-state index is 12.8. The topological polar surface area (TPSA) is 119 Å². The molecule has 2 amide bonds. The van der Waals surface area contributed by atoms with Crippen LogP contribution < -0.4 is 16.7 Å². The molecule has 158 valence electrons. The quantitative estimate of drug-likeness (QED) is 0.572. The van der Waals surface area contributed by atoms with Crippen molar-refractivity contribution in [2.75, 3.05) is 6.54 Å². The average Bonchev–Trinajstić information content (AvgIpc) is 2.91. The fourth-order valence-electron chi connectivity index (χ4n) is 4.08. The maximum Gasteiger partial charge on any atom is 0.329 e. The highest BCUT2D eigenvalue weighted by molar-refractivity contribution is 6.00. The van der Waals surface area contributed by atoms with E-state index in [4.69, 9.17) is 5.73 Å². The minimum atomic E-state index is -0.717. The smallest absolute Gasteiger partial charge is 0.329 e. The second-order valence-electron chi connectivity index (χ2n) is 8.24. The van der Waals surface area contributed by atoms with E-state index in [0.29, 0.717) is 31.3 Å². The molecule has 1 aliphatic heterocycles. The zero-order valence-corrected chi connectivity index (χ0v) is 17.1. The number of piperidine rings is 1. The van der Waals surface area contributed by atoms with Gasteiger partial charge in [0.2, 0.25) is 11.8 Å². The fourth-order valence-corrected chi connectivity index (χ4v) is 4.08. The summed E-state index contributed by atoms with van der Waals surface area (Å²) in [6, 6.07) is 5.11. The predicted molar refractivity (Wildman–Crippen MR) is 110 cm³/mol. The number of rotatable bonds is 8. The van der Waals surface area contributed by atoms with Gasteiger partial charge < -0.3 is 10.8 Å². The van der Waals surface area contributed by atoms with Crippen molar-refractivity contribution in [1.29, 1.82) is 0 Å². The van der Waals surface area contributed by atoms with Gasteiger partial charge in [0.05, 0.1) is 16.6 Å². The van der Waals surface area contributed by atoms with E-state index in [9.17, 15) is 19.5 Å². The molecular formula is C21H30N4O4. The normalized spacial score (nSPS) is 19.4. The molecule has 8 heteroatoms. The van der Waals surface area contributed by atoms with Gasteiger partial charge in [-0.1, -0.05) is 6.07 Å². The van der Waals surface area contributed by atoms with Gasteiger partial charge in [-0.25, -0.2) is 4.79 Å². The number of amides is 2. The fraction of sp³-hybridized carbons (Fsp3) is 0.571. The zero-order chi connectivity index (χ0) is 21.2. The van der Waals surface area contributed by atoms with E-state index in [1.807, 2.05) is 25.1 Å². The minimum Gasteiger partial charge on any atom is -0.390 e. The van der Waals surface area contributed by atoms with Crippen molar-refractivity contribution in [2.24, 2.45) is 12.8 Å². The summed E-state index contributed by atoms with van der Waals surface area (Å²) in [4.78, 5) is 36.5. The van der Waals surface area contributed by atoms with Crippen LogP contribution in [0.2, 0.25) is 0 Å². The molecule has 0 aliphatic carbocycles. The molecule has 2 unspecified atom stereocenters. The second-order valence-corrected chi connectivity index (χ2v) is 8.24. The molecule has 3 rings (SSSR count). The Hall–Kier alpha value is -2.45. The number of hydrogen-bond acceptors (Lipinski definition) is 5. The number of nitrogens with two attached hydrogens (primary N) is 1. The zero-order valence-electron chi connectivity index (χ0n) is 17.1. The molecular weight excluding hydrogens is 372 g/mol. The predicted octanol–water partition coefficient (Wildman–Crippen LogP) is 1.13. The Morgan fingerprint density at radius 2 is 1.93 bits per heavy atom. The van der Waals surface area contributed by atoms with Crippen LogP contribution in [0, 0.1) is 0 Å². The summed E-state index contributed by atoms with van der Waals surface area (Å²) in [5, 5.41) is 12.7. The SMILES string of the molecule is Cn1c(=O)n(C2CCC(=O)NC2=O)c2ccc(CCCC(C)(O)CCCN)cc21. The summed E-state index contributed by atoms with van der Waals surface area (Å²) in [7, 11) is 1.69. The van der Waals surface area contributed by atoms with Crippen LogP contribution in [-0.2, 0) is 23.1 Å². The van der Waals surface area contributed by atoms with Crippen molar-refractivity contribution in [1.82, 2.24) is 14.5 Å². The van der Waals surface area contributed by atoms with Gasteiger partial charge in [-0.2, -0.15) is 0 Å². The van der Waals surface area contributed by atoms with Crippen molar-refractivity contribution >= 4 is 22.8 Å². The van der Waals surface area contributed by atoms with Crippen molar-refractivity contribution in [3.63, 3.8) is 0 Å². The maximum atomic E-state index is 12.8. The van der Waals surface area contributed by atoms with Crippen LogP contribution in [0.25, 0.3) is 11.0 Å². The van der Waals surface area contributed by atoms with E-state index in [1.165, 1.54) is 4.57 Å². The van der Waals surface area contributed by atoms with Gasteiger partial charge >= 0.3 is 5.69 Å². The molecule has 0 spiro atoms. The molecule has 2 heterocycles. The summed E-state index contributed by atoms with van der Waals surface area (Å²) in [6.45, 7) is 2.42. The Balaban J connectivity index is 1.79. The molecule has 1 fully saturated rings. The van der Waals surface area contributed by atoms with E-state index in [2.05, 4.69) is 5.32 Å². The van der Waals surface area contributed by atoms with Gasteiger partial charge in [0, 0.05) is 13.5 Å². The number of imidazole rings is 1. The molecule has 1 aromatic heterocycles. The summed E-state index contributed by atoms with van der Waals surface area (Å²) in [5.41, 5.74) is 7.05. The average molecular weight is 402 g/mol. The van der Waals surface area contributed by atoms with Gasteiger partial charge in [0.15, 0.2) is 0 Å². The van der Waals surface area contributed by atoms with Crippen LogP contribution in [0.5, 0.6) is 0 Å². The Bertz CT molecular complexity index is 973. The van der Waals surface area contributed by atoms with Gasteiger partial charge in [0.25, 0.3) is 0 Å². The van der Waals surface area contributed by atoms with Gasteiger partial charge in [0.1, 0.15) is 6.04 Å². The lowest BCUT2D eigenvalue weighted by atomic mass is 9.92. The number of aromatic nitrogens is 2. The molecule has 1 saturated heterocycles. The van der Waals surface area contributed by atoms with Crippen molar-refractivity contribution in [3.05, 3.63) is 34.2 Å². The first-order valence-electron chi connectivity index (χ1n) is 10.2. The third-order valence-corrected chi connectivity index (χ3v) is 5.78. The second kappa shape index (κ2) is 8.51. The number of fused-ring (bicyclic) bond motifs is 1. The molecule has 1 aliphatic rings. The molecule has 0 bridgehead atoms. The lowest BCUT2D eigenvalue weighted by molar-refractivity contribution is -0.135. The largest absolute Gasteiger partial charge is 0.390 e. The van der Waals surface area contributed by atoms with Crippen LogP contribution in [-0.4, -0.2) is 38.2 Å². The number of aliphatic hydroxyl groups is 1. The first-order valence-corrected chi connectivity index (χ1v) is 10.2. The number of hydrogen-bond donors (Lipinski definition) is 3. The lowest BCUT2D eigenvalue weighted by Gasteiger charge is -2.23. The minimum absolute atomic E-state index is 0.224. The van der Waals surface area contributed by atoms with Crippen LogP contribution in [0.1, 0.15) is 57.1 Å². The summed E-state index contributed by atoms with van der Waals surface area (Å²) in [5.74, 6) is -0.733. The van der Waals surface area contributed by atoms with Crippen LogP contribution in [0.3, 0.4) is 0 Å². The molecule has 1 aromatic carbocycles. The molecule has 29 heavy (non-hydrogen) atoms. The standard InChI is InChI=1S/C21H30N4O4/c1-21(29,11-4-12-22)10-3-5-14-6-7-15-17(13-14)24(2)20(28)25(15)16-8-9-18(26)23-19(16)27/h6-7,13,16,29H,3-5,8-12,22H2,1-2H3,(H,23,26,27).